The van der Waals surface area contributed by atoms with Crippen LogP contribution in [-0.4, -0.2) is 28.2 Å². The molecule has 88 valence electrons. The Morgan fingerprint density at radius 3 is 2.88 bits per heavy atom. The predicted octanol–water partition coefficient (Wildman–Crippen LogP) is 1.60. The number of aliphatic hydroxyl groups excluding tert-OH is 1. The van der Waals surface area contributed by atoms with E-state index in [1.165, 1.54) is 19.3 Å². The van der Waals surface area contributed by atoms with Gasteiger partial charge in [0, 0.05) is 13.1 Å². The second kappa shape index (κ2) is 5.25. The normalized spacial score (nSPS) is 21.9. The van der Waals surface area contributed by atoms with Crippen molar-refractivity contribution < 1.29 is 5.11 Å². The summed E-state index contributed by atoms with van der Waals surface area (Å²) in [7, 11) is 0. The van der Waals surface area contributed by atoms with Crippen molar-refractivity contribution in [3.05, 3.63) is 18.1 Å². The van der Waals surface area contributed by atoms with Gasteiger partial charge in [0.1, 0.15) is 5.82 Å². The zero-order valence-corrected chi connectivity index (χ0v) is 9.76. The third-order valence-electron chi connectivity index (χ3n) is 3.19. The molecule has 1 N–H and O–H groups in total. The van der Waals surface area contributed by atoms with Gasteiger partial charge in [-0.15, -0.1) is 0 Å². The van der Waals surface area contributed by atoms with Gasteiger partial charge in [-0.05, 0) is 25.2 Å². The van der Waals surface area contributed by atoms with Gasteiger partial charge in [-0.3, -0.25) is 4.98 Å². The summed E-state index contributed by atoms with van der Waals surface area (Å²) < 4.78 is 0. The molecule has 4 nitrogen and oxygen atoms in total. The van der Waals surface area contributed by atoms with Gasteiger partial charge in [0.2, 0.25) is 0 Å². The molecule has 1 aromatic heterocycles. The largest absolute Gasteiger partial charge is 0.390 e. The SMILES string of the molecule is CC1CCCN(c2cnc(CO)cn2)CC1. The van der Waals surface area contributed by atoms with Crippen molar-refractivity contribution in [2.45, 2.75) is 32.8 Å². The highest BCUT2D eigenvalue weighted by molar-refractivity contribution is 5.35. The molecule has 0 bridgehead atoms. The van der Waals surface area contributed by atoms with Crippen LogP contribution in [0.2, 0.25) is 0 Å². The third kappa shape index (κ3) is 2.70. The molecule has 2 heterocycles. The fraction of sp³-hybridized carbons (Fsp3) is 0.667. The fourth-order valence-corrected chi connectivity index (χ4v) is 2.08. The maximum absolute atomic E-state index is 8.90. The lowest BCUT2D eigenvalue weighted by molar-refractivity contribution is 0.276. The highest BCUT2D eigenvalue weighted by atomic mass is 16.3. The average molecular weight is 221 g/mol. The van der Waals surface area contributed by atoms with E-state index < -0.39 is 0 Å². The molecule has 16 heavy (non-hydrogen) atoms. The van der Waals surface area contributed by atoms with Gasteiger partial charge in [0.15, 0.2) is 0 Å². The molecule has 0 aromatic carbocycles. The number of nitrogens with zero attached hydrogens (tertiary/aromatic N) is 3. The van der Waals surface area contributed by atoms with E-state index >= 15 is 0 Å². The number of aliphatic hydroxyl groups is 1. The van der Waals surface area contributed by atoms with Gasteiger partial charge in [-0.1, -0.05) is 6.92 Å². The van der Waals surface area contributed by atoms with Crippen molar-refractivity contribution in [1.29, 1.82) is 0 Å². The zero-order valence-electron chi connectivity index (χ0n) is 9.76. The Kier molecular flexibility index (Phi) is 3.72. The van der Waals surface area contributed by atoms with Gasteiger partial charge in [0.25, 0.3) is 0 Å². The number of hydrogen-bond donors (Lipinski definition) is 1. The van der Waals surface area contributed by atoms with E-state index in [0.717, 1.165) is 24.8 Å². The summed E-state index contributed by atoms with van der Waals surface area (Å²) in [6.45, 7) is 4.40. The van der Waals surface area contributed by atoms with E-state index in [2.05, 4.69) is 21.8 Å². The zero-order chi connectivity index (χ0) is 11.4. The highest BCUT2D eigenvalue weighted by Crippen LogP contribution is 2.20. The Hall–Kier alpha value is -1.16. The molecule has 1 aromatic rings. The Labute approximate surface area is 96.3 Å². The van der Waals surface area contributed by atoms with Crippen LogP contribution >= 0.6 is 0 Å². The van der Waals surface area contributed by atoms with Crippen LogP contribution in [0.1, 0.15) is 31.9 Å². The van der Waals surface area contributed by atoms with Crippen LogP contribution < -0.4 is 4.90 Å². The first kappa shape index (κ1) is 11.3. The molecule has 1 unspecified atom stereocenters. The number of aromatic nitrogens is 2. The summed E-state index contributed by atoms with van der Waals surface area (Å²) in [6, 6.07) is 0. The van der Waals surface area contributed by atoms with Crippen molar-refractivity contribution in [1.82, 2.24) is 9.97 Å². The first-order chi connectivity index (χ1) is 7.79. The maximum Gasteiger partial charge on any atom is 0.147 e. The predicted molar refractivity (Wildman–Crippen MR) is 63.2 cm³/mol. The van der Waals surface area contributed by atoms with Gasteiger partial charge >= 0.3 is 0 Å². The first-order valence-corrected chi connectivity index (χ1v) is 5.96. The Morgan fingerprint density at radius 1 is 1.31 bits per heavy atom. The minimum absolute atomic E-state index is 0.0374. The Bertz CT molecular complexity index is 326. The van der Waals surface area contributed by atoms with Crippen molar-refractivity contribution in [3.8, 4) is 0 Å². The van der Waals surface area contributed by atoms with Crippen LogP contribution in [0.4, 0.5) is 5.82 Å². The molecule has 0 spiro atoms. The summed E-state index contributed by atoms with van der Waals surface area (Å²) in [5, 5.41) is 8.90. The lowest BCUT2D eigenvalue weighted by atomic mass is 10.0. The molecule has 4 heteroatoms. The molecule has 1 atom stereocenters. The Balaban J connectivity index is 2.04. The van der Waals surface area contributed by atoms with E-state index in [0.29, 0.717) is 5.69 Å². The molecule has 1 aliphatic rings. The third-order valence-corrected chi connectivity index (χ3v) is 3.19. The minimum Gasteiger partial charge on any atom is -0.390 e. The molecule has 1 fully saturated rings. The van der Waals surface area contributed by atoms with Crippen molar-refractivity contribution in [2.75, 3.05) is 18.0 Å². The summed E-state index contributed by atoms with van der Waals surface area (Å²) in [4.78, 5) is 10.8. The maximum atomic E-state index is 8.90. The second-order valence-corrected chi connectivity index (χ2v) is 4.55. The highest BCUT2D eigenvalue weighted by Gasteiger charge is 2.15. The summed E-state index contributed by atoms with van der Waals surface area (Å²) in [6.07, 6.45) is 7.18. The lowest BCUT2D eigenvalue weighted by Gasteiger charge is -2.21. The monoisotopic (exact) mass is 221 g/mol. The molecule has 0 saturated carbocycles. The molecular formula is C12H19N3O. The fourth-order valence-electron chi connectivity index (χ4n) is 2.08. The van der Waals surface area contributed by atoms with Gasteiger partial charge in [0.05, 0.1) is 24.7 Å². The molecule has 0 aliphatic carbocycles. The van der Waals surface area contributed by atoms with Crippen LogP contribution in [0.15, 0.2) is 12.4 Å². The van der Waals surface area contributed by atoms with Crippen LogP contribution in [0.5, 0.6) is 0 Å². The minimum atomic E-state index is -0.0374. The molecule has 0 amide bonds. The van der Waals surface area contributed by atoms with Gasteiger partial charge < -0.3 is 10.0 Å². The first-order valence-electron chi connectivity index (χ1n) is 5.96. The number of hydrogen-bond acceptors (Lipinski definition) is 4. The quantitative estimate of drug-likeness (QED) is 0.824. The standard InChI is InChI=1S/C12H19N3O/c1-10-3-2-5-15(6-4-10)12-8-13-11(9-16)7-14-12/h7-8,10,16H,2-6,9H2,1H3. The topological polar surface area (TPSA) is 49.2 Å². The summed E-state index contributed by atoms with van der Waals surface area (Å²) in [5.74, 6) is 1.75. The van der Waals surface area contributed by atoms with Crippen molar-refractivity contribution >= 4 is 5.82 Å². The van der Waals surface area contributed by atoms with E-state index in [1.54, 1.807) is 12.4 Å². The van der Waals surface area contributed by atoms with E-state index in [-0.39, 0.29) is 6.61 Å². The van der Waals surface area contributed by atoms with E-state index in [4.69, 9.17) is 5.11 Å². The Morgan fingerprint density at radius 2 is 2.19 bits per heavy atom. The van der Waals surface area contributed by atoms with Crippen molar-refractivity contribution in [2.24, 2.45) is 5.92 Å². The van der Waals surface area contributed by atoms with E-state index in [1.807, 2.05) is 0 Å². The number of anilines is 1. The summed E-state index contributed by atoms with van der Waals surface area (Å²) in [5.41, 5.74) is 0.631. The van der Waals surface area contributed by atoms with Crippen LogP contribution in [0.3, 0.4) is 0 Å². The van der Waals surface area contributed by atoms with Crippen LogP contribution in [0.25, 0.3) is 0 Å². The molecular weight excluding hydrogens is 202 g/mol. The van der Waals surface area contributed by atoms with Gasteiger partial charge in [-0.2, -0.15) is 0 Å². The lowest BCUT2D eigenvalue weighted by Crippen LogP contribution is -2.25. The van der Waals surface area contributed by atoms with Crippen LogP contribution in [-0.2, 0) is 6.61 Å². The van der Waals surface area contributed by atoms with E-state index in [9.17, 15) is 0 Å². The molecule has 1 saturated heterocycles. The second-order valence-electron chi connectivity index (χ2n) is 4.55. The molecule has 0 radical (unpaired) electrons. The van der Waals surface area contributed by atoms with Gasteiger partial charge in [-0.25, -0.2) is 4.98 Å². The van der Waals surface area contributed by atoms with Crippen LogP contribution in [0, 0.1) is 5.92 Å². The van der Waals surface area contributed by atoms with Crippen molar-refractivity contribution in [3.63, 3.8) is 0 Å². The average Bonchev–Trinajstić information content (AvgIpc) is 2.54. The number of rotatable bonds is 2. The summed E-state index contributed by atoms with van der Waals surface area (Å²) >= 11 is 0. The smallest absolute Gasteiger partial charge is 0.147 e. The molecule has 1 aliphatic heterocycles. The molecule has 2 rings (SSSR count).